The predicted octanol–water partition coefficient (Wildman–Crippen LogP) is -0.765. The Morgan fingerprint density at radius 2 is 1.17 bits per heavy atom. The number of carboxylic acids is 1. The summed E-state index contributed by atoms with van der Waals surface area (Å²) in [4.78, 5) is 40.4. The number of carbonyl (C=O) groups excluding carboxylic acids is 2. The Morgan fingerprint density at radius 1 is 0.630 bits per heavy atom. The van der Waals surface area contributed by atoms with Gasteiger partial charge in [-0.2, -0.15) is 0 Å². The third-order valence-electron chi connectivity index (χ3n) is 21.5. The molecule has 0 spiro atoms. The number of rotatable bonds is 15. The van der Waals surface area contributed by atoms with E-state index in [2.05, 4.69) is 19.9 Å². The second-order valence-electron chi connectivity index (χ2n) is 25.9. The topological polar surface area (TPSA) is 388 Å². The Morgan fingerprint density at radius 3 is 1.70 bits per heavy atom. The highest BCUT2D eigenvalue weighted by Gasteiger charge is 2.77. The van der Waals surface area contributed by atoms with Gasteiger partial charge >= 0.3 is 17.9 Å². The molecule has 81 heavy (non-hydrogen) atoms. The average Bonchev–Trinajstić information content (AvgIpc) is 1.99. The number of hydrogen-bond acceptors (Lipinski definition) is 23. The van der Waals surface area contributed by atoms with E-state index in [9.17, 15) is 80.8 Å². The molecule has 3 heterocycles. The van der Waals surface area contributed by atoms with Crippen LogP contribution in [0.4, 0.5) is 0 Å². The smallest absolute Gasteiger partial charge is 0.335 e. The molecule has 0 bridgehead atoms. The highest BCUT2D eigenvalue weighted by molar-refractivity contribution is 5.89. The normalized spacial score (nSPS) is 49.8. The van der Waals surface area contributed by atoms with Crippen LogP contribution >= 0.6 is 0 Å². The average molecular weight is 1160 g/mol. The van der Waals surface area contributed by atoms with Crippen molar-refractivity contribution in [1.82, 2.24) is 0 Å². The quantitative estimate of drug-likeness (QED) is 0.0415. The summed E-state index contributed by atoms with van der Waals surface area (Å²) >= 11 is 0. The molecular weight excluding hydrogens is 1070 g/mol. The van der Waals surface area contributed by atoms with Gasteiger partial charge in [-0.25, -0.2) is 14.4 Å². The van der Waals surface area contributed by atoms with Crippen molar-refractivity contribution in [2.45, 2.75) is 224 Å². The van der Waals surface area contributed by atoms with Crippen molar-refractivity contribution in [3.05, 3.63) is 34.9 Å². The van der Waals surface area contributed by atoms with Gasteiger partial charge in [-0.05, 0) is 94.8 Å². The number of ether oxygens (including phenoxy) is 8. The zero-order valence-electron chi connectivity index (χ0n) is 47.8. The van der Waals surface area contributed by atoms with Crippen LogP contribution in [0.1, 0.15) is 108 Å². The van der Waals surface area contributed by atoms with Gasteiger partial charge in [0.05, 0.1) is 50.2 Å². The van der Waals surface area contributed by atoms with Crippen LogP contribution < -0.4 is 0 Å². The molecule has 13 N–H and O–H groups in total. The summed E-state index contributed by atoms with van der Waals surface area (Å²) in [7, 11) is 0. The third kappa shape index (κ3) is 9.98. The predicted molar refractivity (Wildman–Crippen MR) is 278 cm³/mol. The van der Waals surface area contributed by atoms with Gasteiger partial charge in [-0.3, -0.25) is 0 Å². The van der Waals surface area contributed by atoms with Crippen LogP contribution in [-0.2, 0) is 52.3 Å². The Hall–Kier alpha value is -3.09. The number of carbonyl (C=O) groups is 3. The fraction of sp³-hybridized carbons (Fsp3) is 0.842. The molecule has 0 aromatic rings. The van der Waals surface area contributed by atoms with Crippen molar-refractivity contribution in [3.8, 4) is 0 Å². The van der Waals surface area contributed by atoms with Crippen molar-refractivity contribution in [2.24, 2.45) is 50.2 Å². The first-order valence-corrected chi connectivity index (χ1v) is 28.3. The highest BCUT2D eigenvalue weighted by Crippen LogP contribution is 2.76. The maximum atomic E-state index is 13.9. The van der Waals surface area contributed by atoms with Gasteiger partial charge < -0.3 is 104 Å². The number of aliphatic hydroxyl groups is 12. The Labute approximate surface area is 471 Å². The van der Waals surface area contributed by atoms with Gasteiger partial charge in [-0.1, -0.05) is 65.3 Å². The Kier molecular flexibility index (Phi) is 18.4. The lowest BCUT2D eigenvalue weighted by atomic mass is 9.32. The molecule has 5 aliphatic carbocycles. The minimum absolute atomic E-state index is 0.165. The molecule has 3 unspecified atom stereocenters. The van der Waals surface area contributed by atoms with E-state index in [1.807, 2.05) is 27.7 Å². The van der Waals surface area contributed by atoms with Crippen molar-refractivity contribution in [2.75, 3.05) is 26.4 Å². The first kappa shape index (κ1) is 63.9. The molecule has 8 aliphatic rings. The van der Waals surface area contributed by atoms with Crippen LogP contribution in [0.3, 0.4) is 0 Å². The van der Waals surface area contributed by atoms with E-state index < -0.39 is 205 Å². The summed E-state index contributed by atoms with van der Waals surface area (Å²) in [5, 5.41) is 146. The zero-order valence-corrected chi connectivity index (χ0v) is 47.8. The first-order valence-electron chi connectivity index (χ1n) is 28.3. The third-order valence-corrected chi connectivity index (χ3v) is 21.5. The highest BCUT2D eigenvalue weighted by atomic mass is 16.8. The van der Waals surface area contributed by atoms with Gasteiger partial charge in [0.25, 0.3) is 0 Å². The van der Waals surface area contributed by atoms with Gasteiger partial charge in [0.15, 0.2) is 31.1 Å². The Bertz CT molecular complexity index is 2410. The number of hydrogen-bond donors (Lipinski definition) is 13. The summed E-state index contributed by atoms with van der Waals surface area (Å²) in [5.41, 5.74) is -5.25. The largest absolute Gasteiger partial charge is 0.479 e. The molecule has 3 aliphatic heterocycles. The standard InChI is InChI=1S/C57H88O24/c1-11-24(3)47(72)80-44-45(81-48(73)25(4)12-2)57(23-61)27(19-52(44,5)6)26-13-14-31-53(7)17-16-32(54(8,22-60)30(53)15-18-55(31,9)56(26,10)42(68)43(57)69)76-51-41(79-50-37(66)35(64)33(62)28(20-58)74-50)39(38(67)40(78-51)46(70)71)77-49-36(65)34(63)29(21-59)75-49/h11-13,27-45,49-51,58-69H,14-23H2,1-10H3,(H,70,71)/b24-11-,25-12-/t27?,28-,29+,30?,31?,32+,33-,34+,35+,36-,37-,38+,39+,40+,41-,42+,43-,44+,45+,49+,50+,51-,53+,54-,55-,56+,57+/m1/s1. The van der Waals surface area contributed by atoms with Crippen LogP contribution in [0.15, 0.2) is 34.9 Å². The Balaban J connectivity index is 1.15. The monoisotopic (exact) mass is 1160 g/mol. The second kappa shape index (κ2) is 23.3. The lowest BCUT2D eigenvalue weighted by Crippen LogP contribution is -2.76. The lowest BCUT2D eigenvalue weighted by molar-refractivity contribution is -0.387. The summed E-state index contributed by atoms with van der Waals surface area (Å²) in [6.07, 6.45) is -25.7. The molecule has 8 rings (SSSR count). The fourth-order valence-corrected chi connectivity index (χ4v) is 16.2. The molecule has 0 aromatic heterocycles. The SMILES string of the molecule is C/C=C(/C)C(=O)O[C@H]1[C@H](OC(=O)/C(C)=C\C)[C@@]2(CO)C(CC1(C)C)C1=CCC3[C@@]4(C)CC[C@H](O[C@@H]5O[C@H](C(=O)O)[C@@H](O)[C@H](O[C@@H]6O[C@@H](CO)[C@H](O)[C@H]6O)[C@H]5O[C@@H]5O[C@H](CO)[C@@H](O)[C@H](O)[C@H]5O)[C@](C)(CO)C4CC[C@@]3(C)[C@]1(C)[C@@H](O)[C@H]2O. The lowest BCUT2D eigenvalue weighted by Gasteiger charge is -2.73. The van der Waals surface area contributed by atoms with Crippen LogP contribution in [0.2, 0.25) is 0 Å². The van der Waals surface area contributed by atoms with Gasteiger partial charge in [0.1, 0.15) is 67.1 Å². The van der Waals surface area contributed by atoms with E-state index in [0.717, 1.165) is 5.57 Å². The second-order valence-corrected chi connectivity index (χ2v) is 25.9. The number of carboxylic acid groups (broad SMARTS) is 1. The van der Waals surface area contributed by atoms with Gasteiger partial charge in [-0.15, -0.1) is 0 Å². The fourth-order valence-electron chi connectivity index (χ4n) is 16.2. The summed E-state index contributed by atoms with van der Waals surface area (Å²) in [6, 6.07) is 0. The minimum atomic E-state index is -2.18. The first-order chi connectivity index (χ1) is 37.9. The van der Waals surface area contributed by atoms with E-state index in [-0.39, 0.29) is 24.3 Å². The maximum absolute atomic E-state index is 13.9. The molecule has 24 nitrogen and oxygen atoms in total. The number of aliphatic hydroxyl groups excluding tert-OH is 12. The molecule has 7 fully saturated rings. The van der Waals surface area contributed by atoms with E-state index >= 15 is 0 Å². The van der Waals surface area contributed by atoms with Crippen molar-refractivity contribution < 1.29 is 119 Å². The molecular formula is C57H88O24. The van der Waals surface area contributed by atoms with Gasteiger partial charge in [0, 0.05) is 27.4 Å². The van der Waals surface area contributed by atoms with Gasteiger partial charge in [0.2, 0.25) is 0 Å². The molecule has 0 radical (unpaired) electrons. The molecule has 4 saturated carbocycles. The van der Waals surface area contributed by atoms with Crippen LogP contribution in [0, 0.1) is 50.2 Å². The van der Waals surface area contributed by atoms with Crippen molar-refractivity contribution >= 4 is 17.9 Å². The van der Waals surface area contributed by atoms with Crippen molar-refractivity contribution in [3.63, 3.8) is 0 Å². The van der Waals surface area contributed by atoms with E-state index in [4.69, 9.17) is 37.9 Å². The van der Waals surface area contributed by atoms with E-state index in [1.165, 1.54) is 0 Å². The molecule has 0 amide bonds. The zero-order chi connectivity index (χ0) is 60.0. The number of allylic oxidation sites excluding steroid dienone is 3. The number of fused-ring (bicyclic) bond motifs is 7. The summed E-state index contributed by atoms with van der Waals surface area (Å²) in [5.74, 6) is -4.48. The van der Waals surface area contributed by atoms with E-state index in [1.54, 1.807) is 39.8 Å². The number of aliphatic carboxylic acids is 1. The summed E-state index contributed by atoms with van der Waals surface area (Å²) in [6.45, 7) is 15.3. The summed E-state index contributed by atoms with van der Waals surface area (Å²) < 4.78 is 48.8. The molecule has 0 aromatic carbocycles. The van der Waals surface area contributed by atoms with E-state index in [0.29, 0.717) is 31.3 Å². The van der Waals surface area contributed by atoms with Crippen molar-refractivity contribution in [1.29, 1.82) is 0 Å². The molecule has 460 valence electrons. The molecule has 27 atom stereocenters. The molecule has 3 saturated heterocycles. The maximum Gasteiger partial charge on any atom is 0.335 e. The van der Waals surface area contributed by atoms with Crippen LogP contribution in [0.5, 0.6) is 0 Å². The van der Waals surface area contributed by atoms with Crippen LogP contribution in [-0.4, -0.2) is 227 Å². The van der Waals surface area contributed by atoms with Crippen LogP contribution in [0.25, 0.3) is 0 Å². The minimum Gasteiger partial charge on any atom is -0.479 e. The number of esters is 2. The molecule has 24 heteroatoms.